The maximum atomic E-state index is 11.6. The maximum Gasteiger partial charge on any atom is 0.313 e. The van der Waals surface area contributed by atoms with Gasteiger partial charge in [-0.3, -0.25) is 9.59 Å². The second kappa shape index (κ2) is 9.73. The van der Waals surface area contributed by atoms with E-state index in [0.29, 0.717) is 24.0 Å². The minimum absolute atomic E-state index is 0.0242. The van der Waals surface area contributed by atoms with Crippen molar-refractivity contribution < 1.29 is 14.7 Å². The fourth-order valence-electron chi connectivity index (χ4n) is 1.57. The summed E-state index contributed by atoms with van der Waals surface area (Å²) in [4.78, 5) is 23.0. The van der Waals surface area contributed by atoms with Gasteiger partial charge in [-0.2, -0.15) is 0 Å². The highest BCUT2D eigenvalue weighted by molar-refractivity contribution is 8.00. The van der Waals surface area contributed by atoms with Crippen LogP contribution in [0.25, 0.3) is 0 Å². The van der Waals surface area contributed by atoms with Crippen LogP contribution in [0.1, 0.15) is 25.3 Å². The number of carboxylic acids is 1. The molecule has 4 nitrogen and oxygen atoms in total. The van der Waals surface area contributed by atoms with Gasteiger partial charge in [0.15, 0.2) is 0 Å². The summed E-state index contributed by atoms with van der Waals surface area (Å²) in [7, 11) is 0. The molecule has 0 aliphatic heterocycles. The first-order valence-corrected chi connectivity index (χ1v) is 8.92. The molecule has 0 aliphatic carbocycles. The van der Waals surface area contributed by atoms with Crippen LogP contribution in [-0.2, 0) is 9.59 Å². The predicted molar refractivity (Wildman–Crippen MR) is 89.2 cm³/mol. The third-order valence-electron chi connectivity index (χ3n) is 2.71. The molecule has 6 heteroatoms. The number of benzene rings is 1. The molecule has 116 valence electrons. The van der Waals surface area contributed by atoms with E-state index in [1.54, 1.807) is 0 Å². The van der Waals surface area contributed by atoms with Crippen molar-refractivity contribution in [2.75, 3.05) is 23.8 Å². The third kappa shape index (κ3) is 8.02. The molecule has 0 atom stereocenters. The lowest BCUT2D eigenvalue weighted by molar-refractivity contribution is -0.133. The fraction of sp³-hybridized carbons (Fsp3) is 0.467. The monoisotopic (exact) mass is 327 g/mol. The molecule has 1 aromatic carbocycles. The molecule has 2 N–H and O–H groups in total. The van der Waals surface area contributed by atoms with Crippen molar-refractivity contribution in [1.82, 2.24) is 5.32 Å². The quantitative estimate of drug-likeness (QED) is 0.539. The summed E-state index contributed by atoms with van der Waals surface area (Å²) in [6.45, 7) is 4.81. The Hall–Kier alpha value is -1.14. The Labute approximate surface area is 134 Å². The van der Waals surface area contributed by atoms with Gasteiger partial charge >= 0.3 is 5.97 Å². The van der Waals surface area contributed by atoms with Gasteiger partial charge in [0.2, 0.25) is 5.91 Å². The number of thioether (sulfide) groups is 2. The molecule has 21 heavy (non-hydrogen) atoms. The summed E-state index contributed by atoms with van der Waals surface area (Å²) in [5.74, 6) is 0.731. The van der Waals surface area contributed by atoms with Crippen LogP contribution in [0.5, 0.6) is 0 Å². The first-order valence-electron chi connectivity index (χ1n) is 6.78. The van der Waals surface area contributed by atoms with Crippen molar-refractivity contribution in [3.63, 3.8) is 0 Å². The number of hydrogen-bond acceptors (Lipinski definition) is 4. The smallest absolute Gasteiger partial charge is 0.313 e. The normalized spacial score (nSPS) is 10.6. The van der Waals surface area contributed by atoms with E-state index in [1.807, 2.05) is 12.1 Å². The number of carboxylic acid groups (broad SMARTS) is 1. The first kappa shape index (κ1) is 17.9. The number of rotatable bonds is 9. The average Bonchev–Trinajstić information content (AvgIpc) is 2.44. The standard InChI is InChI=1S/C15H21NO3S2/c1-11(2)12-3-5-13(6-4-12)21-9-14(17)16-7-8-20-10-15(18)19/h3-6,11H,7-10H2,1-2H3,(H,16,17)(H,18,19). The summed E-state index contributed by atoms with van der Waals surface area (Å²) in [5.41, 5.74) is 1.29. The fourth-order valence-corrected chi connectivity index (χ4v) is 2.86. The highest BCUT2D eigenvalue weighted by atomic mass is 32.2. The summed E-state index contributed by atoms with van der Waals surface area (Å²) in [5, 5.41) is 11.3. The van der Waals surface area contributed by atoms with Crippen molar-refractivity contribution in [3.8, 4) is 0 Å². The van der Waals surface area contributed by atoms with Gasteiger partial charge in [0.25, 0.3) is 0 Å². The number of carbonyl (C=O) groups excluding carboxylic acids is 1. The zero-order chi connectivity index (χ0) is 15.7. The van der Waals surface area contributed by atoms with E-state index in [4.69, 9.17) is 5.11 Å². The Morgan fingerprint density at radius 3 is 2.43 bits per heavy atom. The van der Waals surface area contributed by atoms with E-state index >= 15 is 0 Å². The van der Waals surface area contributed by atoms with Gasteiger partial charge < -0.3 is 10.4 Å². The zero-order valence-electron chi connectivity index (χ0n) is 12.3. The van der Waals surface area contributed by atoms with Crippen molar-refractivity contribution in [1.29, 1.82) is 0 Å². The van der Waals surface area contributed by atoms with E-state index in [0.717, 1.165) is 4.90 Å². The molecule has 1 aromatic rings. The van der Waals surface area contributed by atoms with Crippen molar-refractivity contribution in [2.24, 2.45) is 0 Å². The van der Waals surface area contributed by atoms with Gasteiger partial charge in [-0.25, -0.2) is 0 Å². The lowest BCUT2D eigenvalue weighted by Gasteiger charge is -2.07. The summed E-state index contributed by atoms with van der Waals surface area (Å²) in [6, 6.07) is 8.26. The SMILES string of the molecule is CC(C)c1ccc(SCC(=O)NCCSCC(=O)O)cc1. The van der Waals surface area contributed by atoms with Crippen molar-refractivity contribution in [3.05, 3.63) is 29.8 Å². The van der Waals surface area contributed by atoms with Crippen molar-refractivity contribution >= 4 is 35.4 Å². The third-order valence-corrected chi connectivity index (χ3v) is 4.67. The summed E-state index contributed by atoms with van der Waals surface area (Å²) in [6.07, 6.45) is 0. The van der Waals surface area contributed by atoms with Crippen LogP contribution >= 0.6 is 23.5 Å². The summed E-state index contributed by atoms with van der Waals surface area (Å²) < 4.78 is 0. The highest BCUT2D eigenvalue weighted by Gasteiger charge is 2.04. The molecule has 0 saturated heterocycles. The van der Waals surface area contributed by atoms with Crippen molar-refractivity contribution in [2.45, 2.75) is 24.7 Å². The minimum Gasteiger partial charge on any atom is -0.481 e. The average molecular weight is 327 g/mol. The Bertz CT molecular complexity index is 460. The summed E-state index contributed by atoms with van der Waals surface area (Å²) >= 11 is 2.81. The van der Waals surface area contributed by atoms with Crippen LogP contribution in [0.15, 0.2) is 29.2 Å². The van der Waals surface area contributed by atoms with Gasteiger partial charge in [-0.05, 0) is 23.6 Å². The van der Waals surface area contributed by atoms with E-state index in [-0.39, 0.29) is 11.7 Å². The van der Waals surface area contributed by atoms with Gasteiger partial charge in [-0.1, -0.05) is 26.0 Å². The molecule has 0 aliphatic rings. The van der Waals surface area contributed by atoms with Crippen LogP contribution in [0.3, 0.4) is 0 Å². The Morgan fingerprint density at radius 1 is 1.19 bits per heavy atom. The molecule has 0 radical (unpaired) electrons. The van der Waals surface area contributed by atoms with Gasteiger partial charge in [0.1, 0.15) is 0 Å². The van der Waals surface area contributed by atoms with Crippen LogP contribution in [0, 0.1) is 0 Å². The van der Waals surface area contributed by atoms with Crippen LogP contribution < -0.4 is 5.32 Å². The Balaban J connectivity index is 2.19. The molecule has 0 heterocycles. The molecule has 0 bridgehead atoms. The van der Waals surface area contributed by atoms with Crippen LogP contribution in [0.2, 0.25) is 0 Å². The number of amides is 1. The second-order valence-corrected chi connectivity index (χ2v) is 6.96. The van der Waals surface area contributed by atoms with E-state index < -0.39 is 5.97 Å². The van der Waals surface area contributed by atoms with Gasteiger partial charge in [0.05, 0.1) is 11.5 Å². The molecule has 0 spiro atoms. The lowest BCUT2D eigenvalue weighted by atomic mass is 10.0. The van der Waals surface area contributed by atoms with Crippen LogP contribution in [0.4, 0.5) is 0 Å². The molecule has 1 rings (SSSR count). The molecule has 0 aromatic heterocycles. The largest absolute Gasteiger partial charge is 0.481 e. The predicted octanol–water partition coefficient (Wildman–Crippen LogP) is 2.84. The molecule has 0 saturated carbocycles. The van der Waals surface area contributed by atoms with E-state index in [2.05, 4.69) is 31.3 Å². The first-order chi connectivity index (χ1) is 9.99. The Morgan fingerprint density at radius 2 is 1.86 bits per heavy atom. The van der Waals surface area contributed by atoms with Gasteiger partial charge in [-0.15, -0.1) is 23.5 Å². The highest BCUT2D eigenvalue weighted by Crippen LogP contribution is 2.21. The molecular weight excluding hydrogens is 306 g/mol. The second-order valence-electron chi connectivity index (χ2n) is 4.81. The van der Waals surface area contributed by atoms with E-state index in [1.165, 1.54) is 29.1 Å². The van der Waals surface area contributed by atoms with Crippen LogP contribution in [-0.4, -0.2) is 40.8 Å². The zero-order valence-corrected chi connectivity index (χ0v) is 13.9. The minimum atomic E-state index is -0.827. The van der Waals surface area contributed by atoms with E-state index in [9.17, 15) is 9.59 Å². The lowest BCUT2D eigenvalue weighted by Crippen LogP contribution is -2.27. The topological polar surface area (TPSA) is 66.4 Å². The molecule has 1 amide bonds. The molecule has 0 fully saturated rings. The number of nitrogens with one attached hydrogen (secondary N) is 1. The molecule has 0 unspecified atom stereocenters. The number of carbonyl (C=O) groups is 2. The number of aliphatic carboxylic acids is 1. The Kier molecular flexibility index (Phi) is 8.30. The number of hydrogen-bond donors (Lipinski definition) is 2. The van der Waals surface area contributed by atoms with Gasteiger partial charge in [0, 0.05) is 17.2 Å². The molecular formula is C15H21NO3S2. The maximum absolute atomic E-state index is 11.6.